The molecule has 0 aliphatic heterocycles. The number of hydrogen-bond acceptors (Lipinski definition) is 2. The fourth-order valence-electron chi connectivity index (χ4n) is 1.79. The summed E-state index contributed by atoms with van der Waals surface area (Å²) in [5.41, 5.74) is 2.33. The summed E-state index contributed by atoms with van der Waals surface area (Å²) in [4.78, 5) is 11.8. The summed E-state index contributed by atoms with van der Waals surface area (Å²) < 4.78 is 0. The lowest BCUT2D eigenvalue weighted by Gasteiger charge is -2.22. The molecule has 0 aliphatic rings. The Morgan fingerprint density at radius 3 is 2.44 bits per heavy atom. The molecule has 1 amide bonds. The number of nitrogens with one attached hydrogen (secondary N) is 2. The highest BCUT2D eigenvalue weighted by atomic mass is 16.1. The van der Waals surface area contributed by atoms with Crippen LogP contribution in [0.2, 0.25) is 0 Å². The lowest BCUT2D eigenvalue weighted by Crippen LogP contribution is -2.43. The second kappa shape index (κ2) is 6.01. The monoisotopic (exact) mass is 248 g/mol. The molecule has 3 nitrogen and oxygen atoms in total. The molecule has 0 saturated heterocycles. The van der Waals surface area contributed by atoms with Gasteiger partial charge in [0.2, 0.25) is 5.91 Å². The van der Waals surface area contributed by atoms with Gasteiger partial charge in [-0.1, -0.05) is 24.3 Å². The number of carbonyl (C=O) groups excluding carboxylic acids is 1. The van der Waals surface area contributed by atoms with E-state index in [1.165, 1.54) is 11.1 Å². The number of amides is 1. The molecular formula is C15H24N2O. The first kappa shape index (κ1) is 14.7. The van der Waals surface area contributed by atoms with E-state index in [9.17, 15) is 4.79 Å². The van der Waals surface area contributed by atoms with Gasteiger partial charge < -0.3 is 10.6 Å². The highest BCUT2D eigenvalue weighted by Gasteiger charge is 2.14. The number of rotatable bonds is 4. The summed E-state index contributed by atoms with van der Waals surface area (Å²) in [5.74, 6) is 0.0284. The SMILES string of the molecule is Cc1ccccc1C(C)NC(=O)CNC(C)(C)C. The van der Waals surface area contributed by atoms with Gasteiger partial charge in [-0.15, -0.1) is 0 Å². The topological polar surface area (TPSA) is 41.1 Å². The van der Waals surface area contributed by atoms with Crippen LogP contribution in [0.25, 0.3) is 0 Å². The van der Waals surface area contributed by atoms with Crippen LogP contribution in [0.15, 0.2) is 24.3 Å². The van der Waals surface area contributed by atoms with E-state index in [-0.39, 0.29) is 17.5 Å². The molecular weight excluding hydrogens is 224 g/mol. The van der Waals surface area contributed by atoms with Crippen LogP contribution < -0.4 is 10.6 Å². The van der Waals surface area contributed by atoms with E-state index in [1.807, 2.05) is 39.8 Å². The van der Waals surface area contributed by atoms with E-state index in [4.69, 9.17) is 0 Å². The van der Waals surface area contributed by atoms with Crippen LogP contribution in [0.1, 0.15) is 44.9 Å². The molecule has 0 saturated carbocycles. The molecule has 0 fully saturated rings. The Morgan fingerprint density at radius 1 is 1.28 bits per heavy atom. The Morgan fingerprint density at radius 2 is 1.89 bits per heavy atom. The predicted octanol–water partition coefficient (Wildman–Crippen LogP) is 2.56. The Balaban J connectivity index is 2.53. The van der Waals surface area contributed by atoms with Gasteiger partial charge in [0, 0.05) is 5.54 Å². The fraction of sp³-hybridized carbons (Fsp3) is 0.533. The van der Waals surface area contributed by atoms with Gasteiger partial charge in [-0.2, -0.15) is 0 Å². The molecule has 1 aromatic carbocycles. The summed E-state index contributed by atoms with van der Waals surface area (Å²) in [6, 6.07) is 8.16. The van der Waals surface area contributed by atoms with Crippen LogP contribution in [-0.4, -0.2) is 18.0 Å². The van der Waals surface area contributed by atoms with Crippen LogP contribution in [-0.2, 0) is 4.79 Å². The third-order valence-corrected chi connectivity index (χ3v) is 2.81. The number of aryl methyl sites for hydroxylation is 1. The van der Waals surface area contributed by atoms with E-state index in [0.717, 1.165) is 0 Å². The van der Waals surface area contributed by atoms with Crippen molar-refractivity contribution in [1.82, 2.24) is 10.6 Å². The Kier molecular flexibility index (Phi) is 4.91. The molecule has 3 heteroatoms. The molecule has 0 heterocycles. The zero-order valence-electron chi connectivity index (χ0n) is 12.0. The van der Waals surface area contributed by atoms with Crippen molar-refractivity contribution in [1.29, 1.82) is 0 Å². The summed E-state index contributed by atoms with van der Waals surface area (Å²) in [7, 11) is 0. The summed E-state index contributed by atoms with van der Waals surface area (Å²) in [6.07, 6.45) is 0. The van der Waals surface area contributed by atoms with Gasteiger partial charge >= 0.3 is 0 Å². The van der Waals surface area contributed by atoms with Gasteiger partial charge in [0.15, 0.2) is 0 Å². The zero-order valence-corrected chi connectivity index (χ0v) is 12.0. The van der Waals surface area contributed by atoms with Crippen molar-refractivity contribution >= 4 is 5.91 Å². The number of hydrogen-bond donors (Lipinski definition) is 2. The molecule has 1 rings (SSSR count). The van der Waals surface area contributed by atoms with Crippen molar-refractivity contribution in [3.63, 3.8) is 0 Å². The molecule has 1 unspecified atom stereocenters. The maximum atomic E-state index is 11.8. The Hall–Kier alpha value is -1.35. The third-order valence-electron chi connectivity index (χ3n) is 2.81. The van der Waals surface area contributed by atoms with E-state index < -0.39 is 0 Å². The minimum Gasteiger partial charge on any atom is -0.348 e. The lowest BCUT2D eigenvalue weighted by molar-refractivity contribution is -0.121. The van der Waals surface area contributed by atoms with E-state index >= 15 is 0 Å². The maximum absolute atomic E-state index is 11.8. The standard InChI is InChI=1S/C15H24N2O/c1-11-8-6-7-9-13(11)12(2)17-14(18)10-16-15(3,4)5/h6-9,12,16H,10H2,1-5H3,(H,17,18). The minimum absolute atomic E-state index is 0.0284. The van der Waals surface area contributed by atoms with Crippen LogP contribution in [0.5, 0.6) is 0 Å². The Labute approximate surface area is 110 Å². The van der Waals surface area contributed by atoms with Crippen molar-refractivity contribution in [3.05, 3.63) is 35.4 Å². The zero-order chi connectivity index (χ0) is 13.8. The first-order valence-corrected chi connectivity index (χ1v) is 6.39. The second-order valence-electron chi connectivity index (χ2n) is 5.75. The van der Waals surface area contributed by atoms with Gasteiger partial charge in [-0.25, -0.2) is 0 Å². The molecule has 0 aromatic heterocycles. The highest BCUT2D eigenvalue weighted by Crippen LogP contribution is 2.16. The molecule has 0 spiro atoms. The van der Waals surface area contributed by atoms with Gasteiger partial charge in [0.25, 0.3) is 0 Å². The van der Waals surface area contributed by atoms with E-state index in [2.05, 4.69) is 29.7 Å². The molecule has 2 N–H and O–H groups in total. The first-order chi connectivity index (χ1) is 8.29. The first-order valence-electron chi connectivity index (χ1n) is 6.39. The Bertz CT molecular complexity index is 407. The molecule has 100 valence electrons. The van der Waals surface area contributed by atoms with Crippen LogP contribution in [0.3, 0.4) is 0 Å². The van der Waals surface area contributed by atoms with Gasteiger partial charge in [-0.05, 0) is 45.7 Å². The van der Waals surface area contributed by atoms with Crippen molar-refractivity contribution < 1.29 is 4.79 Å². The van der Waals surface area contributed by atoms with Crippen LogP contribution in [0, 0.1) is 6.92 Å². The van der Waals surface area contributed by atoms with Crippen molar-refractivity contribution in [2.45, 2.75) is 46.2 Å². The predicted molar refractivity (Wildman–Crippen MR) is 75.5 cm³/mol. The molecule has 1 atom stereocenters. The lowest BCUT2D eigenvalue weighted by atomic mass is 10.0. The van der Waals surface area contributed by atoms with Crippen molar-refractivity contribution in [2.75, 3.05) is 6.54 Å². The van der Waals surface area contributed by atoms with Crippen molar-refractivity contribution in [3.8, 4) is 0 Å². The average molecular weight is 248 g/mol. The quantitative estimate of drug-likeness (QED) is 0.860. The molecule has 0 bridgehead atoms. The molecule has 1 aromatic rings. The largest absolute Gasteiger partial charge is 0.348 e. The molecule has 0 aliphatic carbocycles. The highest BCUT2D eigenvalue weighted by molar-refractivity contribution is 5.78. The van der Waals surface area contributed by atoms with Crippen LogP contribution in [0.4, 0.5) is 0 Å². The van der Waals surface area contributed by atoms with Gasteiger partial charge in [0.05, 0.1) is 12.6 Å². The van der Waals surface area contributed by atoms with Crippen LogP contribution >= 0.6 is 0 Å². The minimum atomic E-state index is -0.0385. The summed E-state index contributed by atoms with van der Waals surface area (Å²) in [5, 5.41) is 6.19. The number of carbonyl (C=O) groups is 1. The summed E-state index contributed by atoms with van der Waals surface area (Å²) >= 11 is 0. The average Bonchev–Trinajstić information content (AvgIpc) is 2.26. The van der Waals surface area contributed by atoms with Gasteiger partial charge in [-0.3, -0.25) is 4.79 Å². The number of benzene rings is 1. The smallest absolute Gasteiger partial charge is 0.234 e. The van der Waals surface area contributed by atoms with Gasteiger partial charge in [0.1, 0.15) is 0 Å². The van der Waals surface area contributed by atoms with Crippen molar-refractivity contribution in [2.24, 2.45) is 0 Å². The van der Waals surface area contributed by atoms with E-state index in [0.29, 0.717) is 6.54 Å². The summed E-state index contributed by atoms with van der Waals surface area (Å²) in [6.45, 7) is 10.6. The third kappa shape index (κ3) is 4.88. The molecule has 18 heavy (non-hydrogen) atoms. The van der Waals surface area contributed by atoms with E-state index in [1.54, 1.807) is 0 Å². The molecule has 0 radical (unpaired) electrons. The maximum Gasteiger partial charge on any atom is 0.234 e. The second-order valence-corrected chi connectivity index (χ2v) is 5.75. The fourth-order valence-corrected chi connectivity index (χ4v) is 1.79. The normalized spacial score (nSPS) is 13.2.